The van der Waals surface area contributed by atoms with Crippen molar-refractivity contribution in [1.29, 1.82) is 0 Å². The van der Waals surface area contributed by atoms with E-state index < -0.39 is 0 Å². The Bertz CT molecular complexity index is 835. The lowest BCUT2D eigenvalue weighted by Gasteiger charge is -2.30. The minimum absolute atomic E-state index is 0.264. The zero-order chi connectivity index (χ0) is 19.2. The molecular weight excluding hydrogens is 366 g/mol. The molecule has 2 aromatic rings. The van der Waals surface area contributed by atoms with E-state index in [1.54, 1.807) is 18.2 Å². The van der Waals surface area contributed by atoms with Crippen molar-refractivity contribution in [3.05, 3.63) is 53.1 Å². The number of nitrogens with zero attached hydrogens (tertiary/aromatic N) is 1. The average Bonchev–Trinajstić information content (AvgIpc) is 2.65. The van der Waals surface area contributed by atoms with Gasteiger partial charge < -0.3 is 20.3 Å². The van der Waals surface area contributed by atoms with Gasteiger partial charge in [0.2, 0.25) is 11.8 Å². The summed E-state index contributed by atoms with van der Waals surface area (Å²) in [7, 11) is 0. The lowest BCUT2D eigenvalue weighted by molar-refractivity contribution is -0.123. The van der Waals surface area contributed by atoms with E-state index in [0.29, 0.717) is 29.6 Å². The number of amides is 2. The third-order valence-corrected chi connectivity index (χ3v) is 4.55. The number of carbonyl (C=O) groups excluding carboxylic acids is 2. The van der Waals surface area contributed by atoms with Crippen molar-refractivity contribution >= 4 is 40.5 Å². The molecule has 27 heavy (non-hydrogen) atoms. The van der Waals surface area contributed by atoms with Crippen LogP contribution in [0.3, 0.4) is 0 Å². The molecule has 2 N–H and O–H groups in total. The van der Waals surface area contributed by atoms with Gasteiger partial charge in [-0.05, 0) is 42.8 Å². The number of hydrogen-bond donors (Lipinski definition) is 2. The fourth-order valence-corrected chi connectivity index (χ4v) is 3.19. The highest BCUT2D eigenvalue weighted by molar-refractivity contribution is 6.30. The molecule has 0 saturated carbocycles. The lowest BCUT2D eigenvalue weighted by atomic mass is 10.2. The number of carbonyl (C=O) groups is 2. The van der Waals surface area contributed by atoms with Crippen LogP contribution < -0.4 is 15.5 Å². The molecule has 1 aliphatic heterocycles. The fourth-order valence-electron chi connectivity index (χ4n) is 2.96. The summed E-state index contributed by atoms with van der Waals surface area (Å²) < 4.78 is 5.38. The Kier molecular flexibility index (Phi) is 6.32. The molecule has 0 aromatic heterocycles. The molecule has 1 saturated heterocycles. The van der Waals surface area contributed by atoms with Crippen molar-refractivity contribution < 1.29 is 14.3 Å². The van der Waals surface area contributed by atoms with Gasteiger partial charge in [-0.15, -0.1) is 0 Å². The van der Waals surface area contributed by atoms with Gasteiger partial charge in [-0.3, -0.25) is 9.59 Å². The number of para-hydroxylation sites is 2. The zero-order valence-corrected chi connectivity index (χ0v) is 15.9. The second-order valence-electron chi connectivity index (χ2n) is 6.35. The van der Waals surface area contributed by atoms with Crippen LogP contribution in [0.15, 0.2) is 42.5 Å². The molecule has 6 nitrogen and oxygen atoms in total. The maximum Gasteiger partial charge on any atom is 0.233 e. The van der Waals surface area contributed by atoms with Gasteiger partial charge in [0.15, 0.2) is 0 Å². The highest BCUT2D eigenvalue weighted by Gasteiger charge is 2.17. The fraction of sp³-hybridized carbons (Fsp3) is 0.300. The van der Waals surface area contributed by atoms with Crippen molar-refractivity contribution in [1.82, 2.24) is 0 Å². The molecule has 2 amide bonds. The van der Waals surface area contributed by atoms with Crippen LogP contribution in [-0.4, -0.2) is 38.1 Å². The molecule has 7 heteroatoms. The molecule has 0 aliphatic carbocycles. The predicted molar refractivity (Wildman–Crippen MR) is 108 cm³/mol. The van der Waals surface area contributed by atoms with Gasteiger partial charge in [0.1, 0.15) is 6.42 Å². The molecule has 1 fully saturated rings. The highest BCUT2D eigenvalue weighted by Crippen LogP contribution is 2.26. The molecule has 0 radical (unpaired) electrons. The first-order valence-electron chi connectivity index (χ1n) is 8.80. The smallest absolute Gasteiger partial charge is 0.233 e. The van der Waals surface area contributed by atoms with Crippen molar-refractivity contribution in [3.8, 4) is 0 Å². The quantitative estimate of drug-likeness (QED) is 0.771. The van der Waals surface area contributed by atoms with Crippen LogP contribution in [0.2, 0.25) is 5.02 Å². The van der Waals surface area contributed by atoms with E-state index in [-0.39, 0.29) is 18.2 Å². The molecule has 3 rings (SSSR count). The molecule has 0 unspecified atom stereocenters. The first kappa shape index (κ1) is 19.2. The Balaban J connectivity index is 1.61. The number of ether oxygens (including phenoxy) is 1. The van der Waals surface area contributed by atoms with Gasteiger partial charge >= 0.3 is 0 Å². The Hall–Kier alpha value is -2.57. The number of halogens is 1. The topological polar surface area (TPSA) is 70.7 Å². The summed E-state index contributed by atoms with van der Waals surface area (Å²) in [6, 6.07) is 12.8. The normalized spacial score (nSPS) is 13.9. The van der Waals surface area contributed by atoms with Crippen LogP contribution >= 0.6 is 11.6 Å². The summed E-state index contributed by atoms with van der Waals surface area (Å²) in [5.74, 6) is -0.735. The molecule has 0 spiro atoms. The van der Waals surface area contributed by atoms with Crippen molar-refractivity contribution in [2.24, 2.45) is 0 Å². The van der Waals surface area contributed by atoms with Gasteiger partial charge in [-0.1, -0.05) is 23.7 Å². The predicted octanol–water partition coefficient (Wildman–Crippen LogP) is 3.45. The average molecular weight is 388 g/mol. The SMILES string of the molecule is Cc1cc(Cl)ccc1NC(=O)CC(=O)Nc1ccccc1N1CCOCC1. The Morgan fingerprint density at radius 1 is 1.04 bits per heavy atom. The first-order valence-corrected chi connectivity index (χ1v) is 9.18. The number of aryl methyl sites for hydroxylation is 1. The third kappa shape index (κ3) is 5.21. The maximum absolute atomic E-state index is 12.4. The van der Waals surface area contributed by atoms with Crippen LogP contribution in [-0.2, 0) is 14.3 Å². The molecule has 142 valence electrons. The largest absolute Gasteiger partial charge is 0.378 e. The van der Waals surface area contributed by atoms with Crippen LogP contribution in [0.4, 0.5) is 17.1 Å². The monoisotopic (exact) mass is 387 g/mol. The summed E-state index contributed by atoms with van der Waals surface area (Å²) >= 11 is 5.92. The van der Waals surface area contributed by atoms with E-state index in [1.807, 2.05) is 31.2 Å². The second-order valence-corrected chi connectivity index (χ2v) is 6.79. The number of hydrogen-bond acceptors (Lipinski definition) is 4. The van der Waals surface area contributed by atoms with Gasteiger partial charge in [0, 0.05) is 23.8 Å². The zero-order valence-electron chi connectivity index (χ0n) is 15.1. The van der Waals surface area contributed by atoms with Crippen molar-refractivity contribution in [2.45, 2.75) is 13.3 Å². The van der Waals surface area contributed by atoms with Crippen LogP contribution in [0, 0.1) is 6.92 Å². The minimum atomic E-state index is -0.373. The number of morpholine rings is 1. The number of anilines is 3. The standard InChI is InChI=1S/C20H22ClN3O3/c1-14-12-15(21)6-7-16(14)22-19(25)13-20(26)23-17-4-2-3-5-18(17)24-8-10-27-11-9-24/h2-7,12H,8-11,13H2,1H3,(H,22,25)(H,23,26). The van der Waals surface area contributed by atoms with Gasteiger partial charge in [0.05, 0.1) is 24.6 Å². The number of rotatable bonds is 5. The van der Waals surface area contributed by atoms with E-state index in [1.165, 1.54) is 0 Å². The van der Waals surface area contributed by atoms with Crippen LogP contribution in [0.25, 0.3) is 0 Å². The summed E-state index contributed by atoms with van der Waals surface area (Å²) in [5, 5.41) is 6.19. The molecule has 2 aromatic carbocycles. The number of nitrogens with one attached hydrogen (secondary N) is 2. The van der Waals surface area contributed by atoms with E-state index in [2.05, 4.69) is 15.5 Å². The van der Waals surface area contributed by atoms with Crippen LogP contribution in [0.1, 0.15) is 12.0 Å². The maximum atomic E-state index is 12.4. The van der Waals surface area contributed by atoms with Crippen LogP contribution in [0.5, 0.6) is 0 Å². The Labute approximate surface area is 163 Å². The van der Waals surface area contributed by atoms with Gasteiger partial charge in [0.25, 0.3) is 0 Å². The Morgan fingerprint density at radius 2 is 1.70 bits per heavy atom. The summed E-state index contributed by atoms with van der Waals surface area (Å²) in [4.78, 5) is 26.7. The second kappa shape index (κ2) is 8.88. The van der Waals surface area contributed by atoms with Gasteiger partial charge in [-0.25, -0.2) is 0 Å². The van der Waals surface area contributed by atoms with Crippen molar-refractivity contribution in [2.75, 3.05) is 41.8 Å². The minimum Gasteiger partial charge on any atom is -0.378 e. The molecule has 0 atom stereocenters. The number of benzene rings is 2. The van der Waals surface area contributed by atoms with E-state index in [0.717, 1.165) is 24.3 Å². The molecule has 1 heterocycles. The van der Waals surface area contributed by atoms with Crippen molar-refractivity contribution in [3.63, 3.8) is 0 Å². The summed E-state index contributed by atoms with van der Waals surface area (Å²) in [6.45, 7) is 4.70. The molecular formula is C20H22ClN3O3. The van der Waals surface area contributed by atoms with E-state index in [4.69, 9.17) is 16.3 Å². The first-order chi connectivity index (χ1) is 13.0. The third-order valence-electron chi connectivity index (χ3n) is 4.31. The van der Waals surface area contributed by atoms with E-state index in [9.17, 15) is 9.59 Å². The molecule has 0 bridgehead atoms. The lowest BCUT2D eigenvalue weighted by Crippen LogP contribution is -2.36. The van der Waals surface area contributed by atoms with E-state index >= 15 is 0 Å². The summed E-state index contributed by atoms with van der Waals surface area (Å²) in [5.41, 5.74) is 3.11. The highest BCUT2D eigenvalue weighted by atomic mass is 35.5. The Morgan fingerprint density at radius 3 is 2.41 bits per heavy atom. The molecule has 1 aliphatic rings. The summed E-state index contributed by atoms with van der Waals surface area (Å²) in [6.07, 6.45) is -0.264. The van der Waals surface area contributed by atoms with Gasteiger partial charge in [-0.2, -0.15) is 0 Å².